The number of likely N-dealkylation sites (tertiary alicyclic amines) is 1. The van der Waals surface area contributed by atoms with E-state index in [1.165, 1.54) is 18.6 Å². The first-order valence-corrected chi connectivity index (χ1v) is 10.7. The Balaban J connectivity index is 1.57. The normalized spacial score (nSPS) is 14.6. The van der Waals surface area contributed by atoms with Crippen LogP contribution in [0.3, 0.4) is 0 Å². The van der Waals surface area contributed by atoms with Crippen LogP contribution < -0.4 is 5.32 Å². The molecule has 1 fully saturated rings. The summed E-state index contributed by atoms with van der Waals surface area (Å²) in [6.07, 6.45) is 3.62. The third kappa shape index (κ3) is 4.32. The van der Waals surface area contributed by atoms with E-state index in [-0.39, 0.29) is 29.4 Å². The van der Waals surface area contributed by atoms with Gasteiger partial charge >= 0.3 is 6.09 Å². The fourth-order valence-corrected chi connectivity index (χ4v) is 4.06. The average Bonchev–Trinajstić information content (AvgIpc) is 3.12. The van der Waals surface area contributed by atoms with E-state index in [4.69, 9.17) is 21.6 Å². The molecule has 0 unspecified atom stereocenters. The van der Waals surface area contributed by atoms with Crippen LogP contribution in [-0.4, -0.2) is 44.7 Å². The Kier molecular flexibility index (Phi) is 6.15. The molecule has 0 spiro atoms. The molecule has 3 heterocycles. The summed E-state index contributed by atoms with van der Waals surface area (Å²) < 4.78 is 22.1. The molecule has 0 aliphatic carbocycles. The fourth-order valence-electron chi connectivity index (χ4n) is 3.83. The number of amides is 1. The van der Waals surface area contributed by atoms with E-state index in [2.05, 4.69) is 15.3 Å². The number of aromatic nitrogens is 3. The van der Waals surface area contributed by atoms with Crippen LogP contribution in [0.4, 0.5) is 20.7 Å². The number of fused-ring (bicyclic) bond motifs is 1. The van der Waals surface area contributed by atoms with E-state index in [1.807, 2.05) is 24.5 Å². The van der Waals surface area contributed by atoms with Crippen LogP contribution in [-0.2, 0) is 4.74 Å². The molecule has 1 aromatic carbocycles. The van der Waals surface area contributed by atoms with Crippen molar-refractivity contribution in [3.05, 3.63) is 47.1 Å². The van der Waals surface area contributed by atoms with Gasteiger partial charge in [-0.1, -0.05) is 11.6 Å². The van der Waals surface area contributed by atoms with Crippen LogP contribution in [0.15, 0.2) is 30.7 Å². The molecule has 2 aromatic heterocycles. The minimum absolute atomic E-state index is 0.00801. The molecule has 1 aliphatic rings. The Hall–Kier alpha value is -3.38. The summed E-state index contributed by atoms with van der Waals surface area (Å²) in [5.74, 6) is -0.162. The van der Waals surface area contributed by atoms with Gasteiger partial charge in [-0.2, -0.15) is 5.26 Å². The molecule has 32 heavy (non-hydrogen) atoms. The van der Waals surface area contributed by atoms with Crippen molar-refractivity contribution >= 4 is 40.2 Å². The molecule has 0 bridgehead atoms. The largest absolute Gasteiger partial charge is 0.447 e. The van der Waals surface area contributed by atoms with Gasteiger partial charge in [0.05, 0.1) is 33.8 Å². The Labute approximate surface area is 189 Å². The van der Waals surface area contributed by atoms with Crippen LogP contribution in [0.25, 0.3) is 11.0 Å². The van der Waals surface area contributed by atoms with E-state index >= 15 is 0 Å². The Morgan fingerprint density at radius 3 is 2.75 bits per heavy atom. The minimum atomic E-state index is -0.450. The average molecular weight is 457 g/mol. The number of piperidine rings is 1. The van der Waals surface area contributed by atoms with Crippen molar-refractivity contribution in [3.63, 3.8) is 0 Å². The van der Waals surface area contributed by atoms with Gasteiger partial charge in [0.2, 0.25) is 0 Å². The molecule has 0 saturated carbocycles. The van der Waals surface area contributed by atoms with Crippen LogP contribution >= 0.6 is 11.6 Å². The first kappa shape index (κ1) is 21.8. The summed E-state index contributed by atoms with van der Waals surface area (Å²) >= 11 is 6.25. The van der Waals surface area contributed by atoms with E-state index in [0.29, 0.717) is 47.9 Å². The van der Waals surface area contributed by atoms with E-state index < -0.39 is 5.82 Å². The number of hydrogen-bond donors (Lipinski definition) is 1. The zero-order chi connectivity index (χ0) is 22.8. The number of nitrogens with zero attached hydrogens (tertiary/aromatic N) is 5. The summed E-state index contributed by atoms with van der Waals surface area (Å²) in [6.45, 7) is 4.68. The SMILES string of the molecule is CC(C)OC(=O)N1CCC(n2cc(F)c3c(Nc4ccc(C#N)cc4Cl)ncnc32)CC1. The maximum atomic E-state index is 15.0. The van der Waals surface area contributed by atoms with Crippen molar-refractivity contribution in [3.8, 4) is 6.07 Å². The summed E-state index contributed by atoms with van der Waals surface area (Å²) in [5, 5.41) is 12.6. The molecular formula is C22H22ClFN6O2. The number of nitriles is 1. The second-order valence-electron chi connectivity index (χ2n) is 7.89. The summed E-state index contributed by atoms with van der Waals surface area (Å²) in [5.41, 5.74) is 1.40. The van der Waals surface area contributed by atoms with Gasteiger partial charge in [-0.15, -0.1) is 0 Å². The van der Waals surface area contributed by atoms with E-state index in [9.17, 15) is 9.18 Å². The van der Waals surface area contributed by atoms with Crippen molar-refractivity contribution in [2.24, 2.45) is 0 Å². The highest BCUT2D eigenvalue weighted by Gasteiger charge is 2.27. The standard InChI is InChI=1S/C22H22ClFN6O2/c1-13(2)32-22(31)29-7-5-15(6-8-29)30-11-17(24)19-20(26-12-27-21(19)30)28-18-4-3-14(10-25)9-16(18)23/h3-4,9,11-13,15H,5-8H2,1-2H3,(H,26,27,28). The predicted octanol–water partition coefficient (Wildman–Crippen LogP) is 5.02. The molecular weight excluding hydrogens is 435 g/mol. The summed E-state index contributed by atoms with van der Waals surface area (Å²) in [4.78, 5) is 22.3. The topological polar surface area (TPSA) is 96.1 Å². The van der Waals surface area contributed by atoms with Crippen LogP contribution in [0.2, 0.25) is 5.02 Å². The quantitative estimate of drug-likeness (QED) is 0.592. The molecule has 1 amide bonds. The van der Waals surface area contributed by atoms with E-state index in [0.717, 1.165) is 0 Å². The first-order valence-electron chi connectivity index (χ1n) is 10.3. The maximum absolute atomic E-state index is 15.0. The Morgan fingerprint density at radius 2 is 2.09 bits per heavy atom. The predicted molar refractivity (Wildman–Crippen MR) is 118 cm³/mol. The van der Waals surface area contributed by atoms with Crippen molar-refractivity contribution in [1.29, 1.82) is 5.26 Å². The monoisotopic (exact) mass is 456 g/mol. The molecule has 1 aliphatic heterocycles. The third-order valence-corrected chi connectivity index (χ3v) is 5.68. The molecule has 0 atom stereocenters. The summed E-state index contributed by atoms with van der Waals surface area (Å²) in [6, 6.07) is 6.81. The maximum Gasteiger partial charge on any atom is 0.410 e. The number of carbonyl (C=O) groups excluding carboxylic acids is 1. The van der Waals surface area contributed by atoms with Crippen LogP contribution in [0, 0.1) is 17.1 Å². The lowest BCUT2D eigenvalue weighted by Gasteiger charge is -2.32. The minimum Gasteiger partial charge on any atom is -0.447 e. The summed E-state index contributed by atoms with van der Waals surface area (Å²) in [7, 11) is 0. The van der Waals surface area contributed by atoms with Crippen LogP contribution in [0.1, 0.15) is 38.3 Å². The van der Waals surface area contributed by atoms with Crippen molar-refractivity contribution < 1.29 is 13.9 Å². The van der Waals surface area contributed by atoms with Gasteiger partial charge in [-0.25, -0.2) is 19.2 Å². The number of anilines is 2. The Bertz CT molecular complexity index is 1200. The smallest absolute Gasteiger partial charge is 0.410 e. The van der Waals surface area contributed by atoms with Gasteiger partial charge in [0.1, 0.15) is 17.8 Å². The van der Waals surface area contributed by atoms with Gasteiger partial charge in [-0.3, -0.25) is 0 Å². The number of ether oxygens (including phenoxy) is 1. The van der Waals surface area contributed by atoms with Crippen molar-refractivity contribution in [2.75, 3.05) is 18.4 Å². The number of hydrogen-bond acceptors (Lipinski definition) is 6. The second-order valence-corrected chi connectivity index (χ2v) is 8.29. The Morgan fingerprint density at radius 1 is 1.34 bits per heavy atom. The number of halogens is 2. The zero-order valence-corrected chi connectivity index (χ0v) is 18.4. The van der Waals surface area contributed by atoms with E-state index in [1.54, 1.807) is 17.0 Å². The van der Waals surface area contributed by atoms with Gasteiger partial charge in [-0.05, 0) is 44.9 Å². The molecule has 1 saturated heterocycles. The molecule has 3 aromatic rings. The molecule has 166 valence electrons. The first-order chi connectivity index (χ1) is 15.4. The lowest BCUT2D eigenvalue weighted by Crippen LogP contribution is -2.40. The number of nitrogens with one attached hydrogen (secondary N) is 1. The number of rotatable bonds is 4. The third-order valence-electron chi connectivity index (χ3n) is 5.37. The van der Waals surface area contributed by atoms with Gasteiger partial charge in [0, 0.05) is 25.3 Å². The van der Waals surface area contributed by atoms with Crippen LogP contribution in [0.5, 0.6) is 0 Å². The molecule has 10 heteroatoms. The van der Waals surface area contributed by atoms with Gasteiger partial charge in [0.25, 0.3) is 0 Å². The molecule has 1 N–H and O–H groups in total. The number of benzene rings is 1. The fraction of sp³-hybridized carbons (Fsp3) is 0.364. The highest BCUT2D eigenvalue weighted by molar-refractivity contribution is 6.33. The highest BCUT2D eigenvalue weighted by atomic mass is 35.5. The second kappa shape index (κ2) is 9.01. The molecule has 8 nitrogen and oxygen atoms in total. The van der Waals surface area contributed by atoms with Crippen molar-refractivity contribution in [1.82, 2.24) is 19.4 Å². The number of carbonyl (C=O) groups is 1. The van der Waals surface area contributed by atoms with Gasteiger partial charge < -0.3 is 19.5 Å². The zero-order valence-electron chi connectivity index (χ0n) is 17.7. The van der Waals surface area contributed by atoms with Crippen molar-refractivity contribution in [2.45, 2.75) is 38.8 Å². The lowest BCUT2D eigenvalue weighted by molar-refractivity contribution is 0.0663. The highest BCUT2D eigenvalue weighted by Crippen LogP contribution is 2.34. The van der Waals surface area contributed by atoms with Gasteiger partial charge in [0.15, 0.2) is 5.82 Å². The lowest BCUT2D eigenvalue weighted by atomic mass is 10.1. The molecule has 0 radical (unpaired) electrons. The molecule has 4 rings (SSSR count).